The number of carboxylic acids is 1. The van der Waals surface area contributed by atoms with Gasteiger partial charge in [0, 0.05) is 29.0 Å². The van der Waals surface area contributed by atoms with E-state index in [-0.39, 0.29) is 23.8 Å². The van der Waals surface area contributed by atoms with E-state index in [1.807, 2.05) is 11.0 Å². The lowest BCUT2D eigenvalue weighted by Crippen LogP contribution is -2.59. The number of carboxylic acid groups (broad SMARTS) is 1. The molecule has 5 fully saturated rings. The van der Waals surface area contributed by atoms with Gasteiger partial charge in [-0.05, 0) is 98.1 Å². The summed E-state index contributed by atoms with van der Waals surface area (Å²) >= 11 is 3.76. The minimum atomic E-state index is -0.731. The van der Waals surface area contributed by atoms with E-state index in [2.05, 4.69) is 33.4 Å². The second kappa shape index (κ2) is 7.75. The first-order valence-corrected chi connectivity index (χ1v) is 13.3. The van der Waals surface area contributed by atoms with Crippen molar-refractivity contribution in [3.63, 3.8) is 0 Å². The highest BCUT2D eigenvalue weighted by molar-refractivity contribution is 9.10. The van der Waals surface area contributed by atoms with Crippen LogP contribution in [0.25, 0.3) is 0 Å². The number of piperidine rings is 1. The molecule has 1 aliphatic heterocycles. The summed E-state index contributed by atoms with van der Waals surface area (Å²) in [6.07, 6.45) is 9.58. The molecule has 0 radical (unpaired) electrons. The Morgan fingerprint density at radius 1 is 1.06 bits per heavy atom. The van der Waals surface area contributed by atoms with E-state index in [9.17, 15) is 14.7 Å². The number of halogens is 1. The summed E-state index contributed by atoms with van der Waals surface area (Å²) in [4.78, 5) is 26.8. The Hall–Kier alpha value is -1.56. The summed E-state index contributed by atoms with van der Waals surface area (Å²) in [5.41, 5.74) is 2.47. The predicted octanol–water partition coefficient (Wildman–Crippen LogP) is 5.28. The van der Waals surface area contributed by atoms with Gasteiger partial charge in [0.1, 0.15) is 0 Å². The van der Waals surface area contributed by atoms with Crippen molar-refractivity contribution >= 4 is 27.9 Å². The van der Waals surface area contributed by atoms with E-state index in [0.717, 1.165) is 48.7 Å². The molecule has 1 heterocycles. The second-order valence-corrected chi connectivity index (χ2v) is 12.2. The number of benzene rings is 1. The molecular weight excluding hydrogens is 468 g/mol. The topological polar surface area (TPSA) is 69.6 Å². The van der Waals surface area contributed by atoms with E-state index in [4.69, 9.17) is 0 Å². The highest BCUT2D eigenvalue weighted by atomic mass is 79.9. The molecule has 5 nitrogen and oxygen atoms in total. The Morgan fingerprint density at radius 2 is 1.72 bits per heavy atom. The monoisotopic (exact) mass is 500 g/mol. The lowest BCUT2D eigenvalue weighted by atomic mass is 9.54. The molecule has 1 aromatic carbocycles. The van der Waals surface area contributed by atoms with Gasteiger partial charge in [0.25, 0.3) is 0 Å². The zero-order chi connectivity index (χ0) is 22.0. The molecule has 2 N–H and O–H groups in total. The first-order chi connectivity index (χ1) is 15.4. The molecule has 7 rings (SSSR count). The van der Waals surface area contributed by atoms with Gasteiger partial charge >= 0.3 is 12.0 Å². The van der Waals surface area contributed by atoms with Crippen LogP contribution in [0.2, 0.25) is 0 Å². The average molecular weight is 501 g/mol. The number of amides is 2. The third-order valence-corrected chi connectivity index (χ3v) is 10.3. The number of nitrogens with one attached hydrogen (secondary N) is 1. The molecule has 0 unspecified atom stereocenters. The number of likely N-dealkylation sites (tertiary alicyclic amines) is 1. The van der Waals surface area contributed by atoms with E-state index in [1.54, 1.807) is 0 Å². The Kier molecular flexibility index (Phi) is 5.09. The van der Waals surface area contributed by atoms with Crippen molar-refractivity contribution in [3.8, 4) is 0 Å². The minimum Gasteiger partial charge on any atom is -0.481 e. The smallest absolute Gasteiger partial charge is 0.317 e. The molecule has 1 aromatic rings. The van der Waals surface area contributed by atoms with Crippen LogP contribution in [0.3, 0.4) is 0 Å². The van der Waals surface area contributed by atoms with Gasteiger partial charge in [-0.3, -0.25) is 4.79 Å². The summed E-state index contributed by atoms with van der Waals surface area (Å²) in [7, 11) is 0. The standard InChI is InChI=1S/C26H33BrN2O3/c27-21-3-1-2-20-19(13-22(30)31)14-26(23(20)21)4-6-29(7-5-26)25(32)28-24-17-9-15-8-16(11-17)12-18(24)10-15/h1-3,15-19,24H,4-14H2,(H,28,32)(H,30,31)/t15?,16?,17?,18?,19-,24?/m1/s1. The maximum absolute atomic E-state index is 13.2. The third-order valence-electron chi connectivity index (χ3n) is 9.60. The van der Waals surface area contributed by atoms with Crippen LogP contribution in [-0.4, -0.2) is 41.1 Å². The van der Waals surface area contributed by atoms with Crippen LogP contribution in [-0.2, 0) is 10.2 Å². The van der Waals surface area contributed by atoms with Crippen LogP contribution in [0, 0.1) is 23.7 Å². The van der Waals surface area contributed by atoms with E-state index in [1.165, 1.54) is 43.2 Å². The molecule has 4 saturated carbocycles. The second-order valence-electron chi connectivity index (χ2n) is 11.4. The number of urea groups is 1. The summed E-state index contributed by atoms with van der Waals surface area (Å²) in [6, 6.07) is 6.71. The number of nitrogens with zero attached hydrogens (tertiary/aromatic N) is 1. The van der Waals surface area contributed by atoms with Crippen molar-refractivity contribution in [3.05, 3.63) is 33.8 Å². The fourth-order valence-electron chi connectivity index (χ4n) is 8.50. The predicted molar refractivity (Wildman–Crippen MR) is 126 cm³/mol. The number of fused-ring (bicyclic) bond motifs is 2. The van der Waals surface area contributed by atoms with Crippen LogP contribution in [0.1, 0.15) is 74.8 Å². The molecule has 1 spiro atoms. The zero-order valence-electron chi connectivity index (χ0n) is 18.6. The van der Waals surface area contributed by atoms with Crippen molar-refractivity contribution < 1.29 is 14.7 Å². The lowest BCUT2D eigenvalue weighted by molar-refractivity contribution is -0.137. The molecule has 2 amide bonds. The van der Waals surface area contributed by atoms with Crippen molar-refractivity contribution in [1.82, 2.24) is 10.2 Å². The van der Waals surface area contributed by atoms with Crippen molar-refractivity contribution in [2.45, 2.75) is 75.2 Å². The number of hydrogen-bond donors (Lipinski definition) is 2. The number of hydrogen-bond acceptors (Lipinski definition) is 2. The number of carbonyl (C=O) groups excluding carboxylic acids is 1. The quantitative estimate of drug-likeness (QED) is 0.592. The van der Waals surface area contributed by atoms with Crippen molar-refractivity contribution in [2.75, 3.05) is 13.1 Å². The first-order valence-electron chi connectivity index (χ1n) is 12.5. The minimum absolute atomic E-state index is 0.0189. The Balaban J connectivity index is 1.14. The molecule has 6 aliphatic rings. The van der Waals surface area contributed by atoms with Gasteiger partial charge < -0.3 is 15.3 Å². The normalized spacial score (nSPS) is 36.3. The number of carbonyl (C=O) groups is 2. The molecule has 32 heavy (non-hydrogen) atoms. The Labute approximate surface area is 198 Å². The molecular formula is C26H33BrN2O3. The van der Waals surface area contributed by atoms with Crippen LogP contribution in [0.15, 0.2) is 22.7 Å². The van der Waals surface area contributed by atoms with Gasteiger partial charge in [0.15, 0.2) is 0 Å². The van der Waals surface area contributed by atoms with Gasteiger partial charge in [-0.25, -0.2) is 4.79 Å². The van der Waals surface area contributed by atoms with Gasteiger partial charge in [0.05, 0.1) is 6.42 Å². The summed E-state index contributed by atoms with van der Waals surface area (Å²) in [5.74, 6) is 2.56. The van der Waals surface area contributed by atoms with Crippen molar-refractivity contribution in [1.29, 1.82) is 0 Å². The molecule has 172 valence electrons. The Bertz CT molecular complexity index is 911. The van der Waals surface area contributed by atoms with Gasteiger partial charge in [-0.15, -0.1) is 0 Å². The number of rotatable bonds is 3. The Morgan fingerprint density at radius 3 is 2.34 bits per heavy atom. The van der Waals surface area contributed by atoms with E-state index >= 15 is 0 Å². The molecule has 4 bridgehead atoms. The summed E-state index contributed by atoms with van der Waals surface area (Å²) in [6.45, 7) is 1.50. The molecule has 5 aliphatic carbocycles. The van der Waals surface area contributed by atoms with Gasteiger partial charge in [0.2, 0.25) is 0 Å². The zero-order valence-corrected chi connectivity index (χ0v) is 20.1. The van der Waals surface area contributed by atoms with Crippen LogP contribution >= 0.6 is 15.9 Å². The fourth-order valence-corrected chi connectivity index (χ4v) is 9.31. The van der Waals surface area contributed by atoms with Crippen molar-refractivity contribution in [2.24, 2.45) is 23.7 Å². The molecule has 1 atom stereocenters. The van der Waals surface area contributed by atoms with Gasteiger partial charge in [-0.1, -0.05) is 28.1 Å². The maximum atomic E-state index is 13.2. The lowest BCUT2D eigenvalue weighted by Gasteiger charge is -2.54. The van der Waals surface area contributed by atoms with Crippen LogP contribution < -0.4 is 5.32 Å². The molecule has 0 aromatic heterocycles. The van der Waals surface area contributed by atoms with Crippen LogP contribution in [0.4, 0.5) is 4.79 Å². The largest absolute Gasteiger partial charge is 0.481 e. The maximum Gasteiger partial charge on any atom is 0.317 e. The summed E-state index contributed by atoms with van der Waals surface area (Å²) in [5, 5.41) is 12.9. The third kappa shape index (κ3) is 3.39. The average Bonchev–Trinajstić information content (AvgIpc) is 3.04. The highest BCUT2D eigenvalue weighted by Crippen LogP contribution is 2.56. The SMILES string of the molecule is O=C(O)C[C@@H]1CC2(CCN(C(=O)NC3C4CC5CC(C4)CC3C5)CC2)c2c(Br)cccc21. The fraction of sp³-hybridized carbons (Fsp3) is 0.692. The number of aliphatic carboxylic acids is 1. The van der Waals surface area contributed by atoms with Crippen LogP contribution in [0.5, 0.6) is 0 Å². The summed E-state index contributed by atoms with van der Waals surface area (Å²) < 4.78 is 1.09. The molecule has 1 saturated heterocycles. The molecule has 6 heteroatoms. The van der Waals surface area contributed by atoms with E-state index in [0.29, 0.717) is 17.9 Å². The van der Waals surface area contributed by atoms with E-state index < -0.39 is 5.97 Å². The first kappa shape index (κ1) is 21.0. The highest BCUT2D eigenvalue weighted by Gasteiger charge is 2.50. The van der Waals surface area contributed by atoms with Gasteiger partial charge in [-0.2, -0.15) is 0 Å².